The molecule has 0 bridgehead atoms. The first-order chi connectivity index (χ1) is 12.1. The van der Waals surface area contributed by atoms with Gasteiger partial charge in [-0.05, 0) is 31.4 Å². The highest BCUT2D eigenvalue weighted by Crippen LogP contribution is 2.14. The van der Waals surface area contributed by atoms with Gasteiger partial charge in [0.2, 0.25) is 5.91 Å². The summed E-state index contributed by atoms with van der Waals surface area (Å²) in [5, 5.41) is 6.52. The van der Waals surface area contributed by atoms with Crippen LogP contribution < -0.4 is 10.6 Å². The van der Waals surface area contributed by atoms with Crippen molar-refractivity contribution in [2.45, 2.75) is 19.3 Å². The van der Waals surface area contributed by atoms with Crippen LogP contribution in [0.25, 0.3) is 0 Å². The number of carbonyl (C=O) groups excluding carboxylic acids is 1. The van der Waals surface area contributed by atoms with E-state index in [1.54, 1.807) is 30.8 Å². The molecule has 1 saturated heterocycles. The second kappa shape index (κ2) is 14.2. The van der Waals surface area contributed by atoms with Crippen LogP contribution in [-0.4, -0.2) is 88.9 Å². The van der Waals surface area contributed by atoms with Gasteiger partial charge >= 0.3 is 0 Å². The van der Waals surface area contributed by atoms with Crippen LogP contribution in [0, 0.1) is 5.92 Å². The van der Waals surface area contributed by atoms with Gasteiger partial charge in [-0.2, -0.15) is 11.8 Å². The topological polar surface area (TPSA) is 75.2 Å². The highest BCUT2D eigenvalue weighted by molar-refractivity contribution is 7.98. The molecule has 0 aromatic carbocycles. The predicted octanol–water partition coefficient (Wildman–Crippen LogP) is 0.806. The molecule has 0 unspecified atom stereocenters. The van der Waals surface area contributed by atoms with E-state index in [2.05, 4.69) is 21.9 Å². The molecule has 0 spiro atoms. The lowest BCUT2D eigenvalue weighted by molar-refractivity contribution is -0.127. The zero-order chi connectivity index (χ0) is 18.3. The van der Waals surface area contributed by atoms with Crippen molar-refractivity contribution in [1.29, 1.82) is 0 Å². The number of thioether (sulfide) groups is 1. The number of ether oxygens (including phenoxy) is 2. The number of amides is 1. The van der Waals surface area contributed by atoms with Gasteiger partial charge in [-0.1, -0.05) is 0 Å². The highest BCUT2D eigenvalue weighted by Gasteiger charge is 2.13. The van der Waals surface area contributed by atoms with Crippen molar-refractivity contribution >= 4 is 23.6 Å². The molecule has 1 amide bonds. The molecule has 1 fully saturated rings. The summed E-state index contributed by atoms with van der Waals surface area (Å²) >= 11 is 1.77. The van der Waals surface area contributed by atoms with Gasteiger partial charge in [-0.25, -0.2) is 4.99 Å². The maximum atomic E-state index is 11.7. The Morgan fingerprint density at radius 3 is 2.68 bits per heavy atom. The van der Waals surface area contributed by atoms with E-state index in [0.29, 0.717) is 11.9 Å². The molecule has 2 N–H and O–H groups in total. The maximum absolute atomic E-state index is 11.7. The maximum Gasteiger partial charge on any atom is 0.243 e. The fourth-order valence-corrected chi connectivity index (χ4v) is 2.58. The summed E-state index contributed by atoms with van der Waals surface area (Å²) in [6.07, 6.45) is 5.19. The fourth-order valence-electron chi connectivity index (χ4n) is 2.28. The molecule has 0 atom stereocenters. The van der Waals surface area contributed by atoms with Gasteiger partial charge in [0, 0.05) is 59.4 Å². The summed E-state index contributed by atoms with van der Waals surface area (Å²) in [7, 11) is 3.48. The smallest absolute Gasteiger partial charge is 0.243 e. The zero-order valence-corrected chi connectivity index (χ0v) is 16.7. The molecular formula is C17H34N4O3S. The first-order valence-corrected chi connectivity index (χ1v) is 10.4. The van der Waals surface area contributed by atoms with E-state index in [1.807, 2.05) is 0 Å². The van der Waals surface area contributed by atoms with E-state index in [9.17, 15) is 4.79 Å². The summed E-state index contributed by atoms with van der Waals surface area (Å²) in [4.78, 5) is 17.6. The lowest BCUT2D eigenvalue weighted by atomic mass is 10.0. The van der Waals surface area contributed by atoms with Crippen molar-refractivity contribution in [3.8, 4) is 0 Å². The van der Waals surface area contributed by atoms with Crippen molar-refractivity contribution in [2.24, 2.45) is 10.9 Å². The van der Waals surface area contributed by atoms with Crippen LogP contribution in [0.3, 0.4) is 0 Å². The van der Waals surface area contributed by atoms with Crippen LogP contribution >= 0.6 is 11.8 Å². The number of likely N-dealkylation sites (N-methyl/N-ethyl adjacent to an activating group) is 1. The summed E-state index contributed by atoms with van der Waals surface area (Å²) in [5.74, 6) is 2.32. The molecule has 0 aromatic heterocycles. The molecule has 1 heterocycles. The van der Waals surface area contributed by atoms with Crippen LogP contribution in [-0.2, 0) is 14.3 Å². The van der Waals surface area contributed by atoms with E-state index in [1.165, 1.54) is 0 Å². The third-order valence-electron chi connectivity index (χ3n) is 3.92. The van der Waals surface area contributed by atoms with Gasteiger partial charge in [0.25, 0.3) is 0 Å². The Balaban J connectivity index is 2.19. The van der Waals surface area contributed by atoms with Crippen LogP contribution in [0.1, 0.15) is 19.3 Å². The lowest BCUT2D eigenvalue weighted by Gasteiger charge is -2.21. The predicted molar refractivity (Wildman–Crippen MR) is 104 cm³/mol. The molecule has 0 radical (unpaired) electrons. The van der Waals surface area contributed by atoms with E-state index in [0.717, 1.165) is 64.5 Å². The second-order valence-corrected chi connectivity index (χ2v) is 7.27. The molecular weight excluding hydrogens is 340 g/mol. The third kappa shape index (κ3) is 11.3. The summed E-state index contributed by atoms with van der Waals surface area (Å²) < 4.78 is 11.1. The van der Waals surface area contributed by atoms with Crippen LogP contribution in [0.15, 0.2) is 4.99 Å². The van der Waals surface area contributed by atoms with Crippen LogP contribution in [0.4, 0.5) is 0 Å². The van der Waals surface area contributed by atoms with Crippen LogP contribution in [0.5, 0.6) is 0 Å². The second-order valence-electron chi connectivity index (χ2n) is 6.28. The third-order valence-corrected chi connectivity index (χ3v) is 4.53. The minimum atomic E-state index is -0.00855. The van der Waals surface area contributed by atoms with Crippen molar-refractivity contribution < 1.29 is 14.3 Å². The first-order valence-electron chi connectivity index (χ1n) is 9.00. The molecule has 1 aliphatic heterocycles. The van der Waals surface area contributed by atoms with Gasteiger partial charge in [0.1, 0.15) is 6.54 Å². The normalized spacial score (nSPS) is 15.9. The number of hydrogen-bond acceptors (Lipinski definition) is 5. The van der Waals surface area contributed by atoms with Crippen molar-refractivity contribution in [2.75, 3.05) is 72.2 Å². The van der Waals surface area contributed by atoms with Gasteiger partial charge in [0.15, 0.2) is 5.96 Å². The quantitative estimate of drug-likeness (QED) is 0.317. The average Bonchev–Trinajstić information content (AvgIpc) is 2.62. The summed E-state index contributed by atoms with van der Waals surface area (Å²) in [5.41, 5.74) is 0. The van der Waals surface area contributed by atoms with Gasteiger partial charge in [0.05, 0.1) is 0 Å². The Labute approximate surface area is 156 Å². The van der Waals surface area contributed by atoms with Gasteiger partial charge in [-0.15, -0.1) is 0 Å². The standard InChI is InChI=1S/C17H34N4O3S/c1-21(2)16(22)13-20-17(19-8-12-25-3)18-7-4-9-24-14-15-5-10-23-11-6-15/h15H,4-14H2,1-3H3,(H2,18,19,20). The van der Waals surface area contributed by atoms with E-state index in [4.69, 9.17) is 9.47 Å². The molecule has 7 nitrogen and oxygen atoms in total. The van der Waals surface area contributed by atoms with Crippen molar-refractivity contribution in [1.82, 2.24) is 15.5 Å². The Morgan fingerprint density at radius 1 is 1.28 bits per heavy atom. The largest absolute Gasteiger partial charge is 0.381 e. The van der Waals surface area contributed by atoms with E-state index < -0.39 is 0 Å². The molecule has 0 aliphatic carbocycles. The number of carbonyl (C=O) groups is 1. The number of rotatable bonds is 11. The number of aliphatic imine (C=N–C) groups is 1. The van der Waals surface area contributed by atoms with E-state index >= 15 is 0 Å². The van der Waals surface area contributed by atoms with Crippen molar-refractivity contribution in [3.05, 3.63) is 0 Å². The molecule has 1 aliphatic rings. The average molecular weight is 375 g/mol. The Bertz CT molecular complexity index is 388. The Morgan fingerprint density at radius 2 is 2.00 bits per heavy atom. The number of guanidine groups is 1. The first kappa shape index (κ1) is 22.1. The monoisotopic (exact) mass is 374 g/mol. The van der Waals surface area contributed by atoms with Crippen LogP contribution in [0.2, 0.25) is 0 Å². The van der Waals surface area contributed by atoms with Crippen molar-refractivity contribution in [3.63, 3.8) is 0 Å². The Kier molecular flexibility index (Phi) is 12.5. The summed E-state index contributed by atoms with van der Waals surface area (Å²) in [6, 6.07) is 0. The molecule has 0 saturated carbocycles. The number of nitrogens with zero attached hydrogens (tertiary/aromatic N) is 2. The summed E-state index contributed by atoms with van der Waals surface area (Å²) in [6.45, 7) is 5.04. The minimum absolute atomic E-state index is 0.00855. The Hall–Kier alpha value is -0.990. The molecule has 25 heavy (non-hydrogen) atoms. The fraction of sp³-hybridized carbons (Fsp3) is 0.882. The van der Waals surface area contributed by atoms with E-state index in [-0.39, 0.29) is 12.5 Å². The molecule has 1 rings (SSSR count). The molecule has 146 valence electrons. The molecule has 0 aromatic rings. The number of hydrogen-bond donors (Lipinski definition) is 2. The van der Waals surface area contributed by atoms with Gasteiger partial charge in [-0.3, -0.25) is 4.79 Å². The minimum Gasteiger partial charge on any atom is -0.381 e. The highest BCUT2D eigenvalue weighted by atomic mass is 32.2. The number of nitrogens with one attached hydrogen (secondary N) is 2. The molecule has 8 heteroatoms. The lowest BCUT2D eigenvalue weighted by Crippen LogP contribution is -2.40. The zero-order valence-electron chi connectivity index (χ0n) is 15.9. The SMILES string of the molecule is CSCCNC(=NCC(=O)N(C)C)NCCCOCC1CCOCC1. The van der Waals surface area contributed by atoms with Gasteiger partial charge < -0.3 is 25.0 Å².